The molecule has 4 heteroatoms. The number of aromatic nitrogens is 1. The van der Waals surface area contributed by atoms with Crippen LogP contribution in [-0.4, -0.2) is 22.8 Å². The van der Waals surface area contributed by atoms with Gasteiger partial charge in [0, 0.05) is 22.9 Å². The van der Waals surface area contributed by atoms with Crippen molar-refractivity contribution in [1.82, 2.24) is 4.98 Å². The molecule has 1 unspecified atom stereocenters. The second-order valence-electron chi connectivity index (χ2n) is 7.47. The second kappa shape index (κ2) is 11.2. The highest BCUT2D eigenvalue weighted by Gasteiger charge is 2.06. The monoisotopic (exact) mass is 417 g/mol. The molecule has 0 saturated carbocycles. The standard InChI is InChI=1S/C27H28FNO2/c1-3-17-31-25-14-11-22(12-15-25)27-16-13-24(19-29-27)23-10-9-21(26(28)18-23)8-6-4-5-7-20(2)30/h3,6,8-16,18-20,30H,1,4-5,7,17H2,2H3/b8-6+. The van der Waals surface area contributed by atoms with E-state index in [2.05, 4.69) is 11.6 Å². The molecule has 1 aromatic heterocycles. The maximum atomic E-state index is 14.5. The number of aliphatic hydroxyl groups is 1. The van der Waals surface area contributed by atoms with Gasteiger partial charge in [-0.3, -0.25) is 4.98 Å². The van der Waals surface area contributed by atoms with Gasteiger partial charge in [0.1, 0.15) is 18.2 Å². The molecule has 0 amide bonds. The molecule has 0 aliphatic rings. The first-order valence-electron chi connectivity index (χ1n) is 10.5. The van der Waals surface area contributed by atoms with E-state index in [1.54, 1.807) is 31.3 Å². The molecule has 0 radical (unpaired) electrons. The van der Waals surface area contributed by atoms with Crippen molar-refractivity contribution in [3.8, 4) is 28.1 Å². The van der Waals surface area contributed by atoms with Crippen molar-refractivity contribution >= 4 is 6.08 Å². The second-order valence-corrected chi connectivity index (χ2v) is 7.47. The van der Waals surface area contributed by atoms with E-state index in [0.29, 0.717) is 12.2 Å². The highest BCUT2D eigenvalue weighted by Crippen LogP contribution is 2.26. The minimum absolute atomic E-state index is 0.261. The van der Waals surface area contributed by atoms with Crippen molar-refractivity contribution in [2.75, 3.05) is 6.61 Å². The number of benzene rings is 2. The normalized spacial score (nSPS) is 12.1. The molecule has 3 nitrogen and oxygen atoms in total. The van der Waals surface area contributed by atoms with Crippen LogP contribution in [-0.2, 0) is 0 Å². The smallest absolute Gasteiger partial charge is 0.131 e. The number of hydrogen-bond donors (Lipinski definition) is 1. The summed E-state index contributed by atoms with van der Waals surface area (Å²) < 4.78 is 20.0. The Morgan fingerprint density at radius 3 is 2.45 bits per heavy atom. The van der Waals surface area contributed by atoms with Gasteiger partial charge in [-0.1, -0.05) is 43.0 Å². The fourth-order valence-electron chi connectivity index (χ4n) is 3.20. The quantitative estimate of drug-likeness (QED) is 0.295. The molecule has 1 atom stereocenters. The third-order valence-corrected chi connectivity index (χ3v) is 4.91. The molecule has 0 fully saturated rings. The van der Waals surface area contributed by atoms with Crippen LogP contribution in [0.4, 0.5) is 4.39 Å². The predicted molar refractivity (Wildman–Crippen MR) is 125 cm³/mol. The predicted octanol–water partition coefficient (Wildman–Crippen LogP) is 6.68. The van der Waals surface area contributed by atoms with Crippen LogP contribution < -0.4 is 4.74 Å². The first kappa shape index (κ1) is 22.4. The van der Waals surface area contributed by atoms with Crippen molar-refractivity contribution in [3.63, 3.8) is 0 Å². The summed E-state index contributed by atoms with van der Waals surface area (Å²) >= 11 is 0. The number of unbranched alkanes of at least 4 members (excludes halogenated alkanes) is 1. The van der Waals surface area contributed by atoms with Crippen LogP contribution in [0.5, 0.6) is 5.75 Å². The number of pyridine rings is 1. The maximum Gasteiger partial charge on any atom is 0.131 e. The maximum absolute atomic E-state index is 14.5. The van der Waals surface area contributed by atoms with Crippen LogP contribution in [0.1, 0.15) is 31.7 Å². The lowest BCUT2D eigenvalue weighted by Gasteiger charge is -2.07. The van der Waals surface area contributed by atoms with Gasteiger partial charge < -0.3 is 9.84 Å². The third-order valence-electron chi connectivity index (χ3n) is 4.91. The van der Waals surface area contributed by atoms with Gasteiger partial charge in [-0.25, -0.2) is 4.39 Å². The van der Waals surface area contributed by atoms with Crippen LogP contribution >= 0.6 is 0 Å². The molecule has 1 heterocycles. The number of allylic oxidation sites excluding steroid dienone is 1. The molecule has 0 bridgehead atoms. The zero-order valence-corrected chi connectivity index (χ0v) is 17.8. The molecular weight excluding hydrogens is 389 g/mol. The summed E-state index contributed by atoms with van der Waals surface area (Å²) in [5.41, 5.74) is 4.04. The molecule has 160 valence electrons. The Balaban J connectivity index is 1.66. The highest BCUT2D eigenvalue weighted by atomic mass is 19.1. The fourth-order valence-corrected chi connectivity index (χ4v) is 3.20. The van der Waals surface area contributed by atoms with Crippen molar-refractivity contribution < 1.29 is 14.2 Å². The lowest BCUT2D eigenvalue weighted by molar-refractivity contribution is 0.182. The minimum atomic E-state index is -0.292. The molecule has 1 N–H and O–H groups in total. The Hall–Kier alpha value is -3.24. The SMILES string of the molecule is C=CCOc1ccc(-c2ccc(-c3ccc(/C=C/CCCC(C)O)c(F)c3)cn2)cc1. The van der Waals surface area contributed by atoms with Crippen LogP contribution in [0.3, 0.4) is 0 Å². The number of aliphatic hydroxyl groups excluding tert-OH is 1. The summed E-state index contributed by atoms with van der Waals surface area (Å²) in [5.74, 6) is 0.524. The zero-order chi connectivity index (χ0) is 22.1. The van der Waals surface area contributed by atoms with Crippen molar-refractivity contribution in [2.45, 2.75) is 32.3 Å². The van der Waals surface area contributed by atoms with Crippen LogP contribution in [0.2, 0.25) is 0 Å². The summed E-state index contributed by atoms with van der Waals surface area (Å²) in [6.07, 6.45) is 9.38. The van der Waals surface area contributed by atoms with Crippen LogP contribution in [0.15, 0.2) is 79.5 Å². The molecule has 0 saturated heterocycles. The van der Waals surface area contributed by atoms with Crippen molar-refractivity contribution in [1.29, 1.82) is 0 Å². The summed E-state index contributed by atoms with van der Waals surface area (Å²) in [6, 6.07) is 16.8. The van der Waals surface area contributed by atoms with E-state index in [1.807, 2.05) is 48.5 Å². The molecule has 0 spiro atoms. The topological polar surface area (TPSA) is 42.4 Å². The van der Waals surface area contributed by atoms with Gasteiger partial charge in [0.15, 0.2) is 0 Å². The molecule has 3 rings (SSSR count). The number of ether oxygens (including phenoxy) is 1. The van der Waals surface area contributed by atoms with E-state index in [0.717, 1.165) is 47.4 Å². The Labute approximate surface area is 183 Å². The molecule has 0 aliphatic heterocycles. The summed E-state index contributed by atoms with van der Waals surface area (Å²) in [7, 11) is 0. The van der Waals surface area contributed by atoms with Crippen molar-refractivity contribution in [2.24, 2.45) is 0 Å². The number of rotatable bonds is 10. The molecule has 31 heavy (non-hydrogen) atoms. The van der Waals surface area contributed by atoms with E-state index in [4.69, 9.17) is 4.74 Å². The molecule has 3 aromatic rings. The number of halogens is 1. The van der Waals surface area contributed by atoms with E-state index < -0.39 is 0 Å². The van der Waals surface area contributed by atoms with Crippen LogP contribution in [0.25, 0.3) is 28.5 Å². The average Bonchev–Trinajstić information content (AvgIpc) is 2.78. The zero-order valence-electron chi connectivity index (χ0n) is 17.8. The summed E-state index contributed by atoms with van der Waals surface area (Å²) in [4.78, 5) is 4.54. The van der Waals surface area contributed by atoms with Gasteiger partial charge in [0.25, 0.3) is 0 Å². The molecular formula is C27H28FNO2. The Bertz CT molecular complexity index is 1010. The van der Waals surface area contributed by atoms with Crippen molar-refractivity contribution in [3.05, 3.63) is 90.9 Å². The average molecular weight is 418 g/mol. The van der Waals surface area contributed by atoms with Crippen LogP contribution in [0, 0.1) is 5.82 Å². The van der Waals surface area contributed by atoms with E-state index in [-0.39, 0.29) is 11.9 Å². The molecule has 2 aromatic carbocycles. The van der Waals surface area contributed by atoms with Gasteiger partial charge in [-0.2, -0.15) is 0 Å². The van der Waals surface area contributed by atoms with Gasteiger partial charge in [0.2, 0.25) is 0 Å². The molecule has 0 aliphatic carbocycles. The lowest BCUT2D eigenvalue weighted by Crippen LogP contribution is -1.97. The highest BCUT2D eigenvalue weighted by molar-refractivity contribution is 5.68. The van der Waals surface area contributed by atoms with Gasteiger partial charge >= 0.3 is 0 Å². The third kappa shape index (κ3) is 6.63. The van der Waals surface area contributed by atoms with E-state index in [1.165, 1.54) is 6.07 Å². The van der Waals surface area contributed by atoms with Gasteiger partial charge in [-0.05, 0) is 68.1 Å². The van der Waals surface area contributed by atoms with E-state index in [9.17, 15) is 9.50 Å². The van der Waals surface area contributed by atoms with Gasteiger partial charge in [-0.15, -0.1) is 0 Å². The largest absolute Gasteiger partial charge is 0.490 e. The number of hydrogen-bond acceptors (Lipinski definition) is 3. The minimum Gasteiger partial charge on any atom is -0.490 e. The first-order chi connectivity index (χ1) is 15.1. The lowest BCUT2D eigenvalue weighted by atomic mass is 10.0. The summed E-state index contributed by atoms with van der Waals surface area (Å²) in [6.45, 7) is 5.89. The van der Waals surface area contributed by atoms with E-state index >= 15 is 0 Å². The Kier molecular flexibility index (Phi) is 8.13. The Morgan fingerprint density at radius 2 is 1.81 bits per heavy atom. The number of nitrogens with zero attached hydrogens (tertiary/aromatic N) is 1. The summed E-state index contributed by atoms with van der Waals surface area (Å²) in [5, 5.41) is 9.28. The van der Waals surface area contributed by atoms with Gasteiger partial charge in [0.05, 0.1) is 11.8 Å². The fraction of sp³-hybridized carbons (Fsp3) is 0.222. The first-order valence-corrected chi connectivity index (χ1v) is 10.5. The Morgan fingerprint density at radius 1 is 1.06 bits per heavy atom.